The van der Waals surface area contributed by atoms with E-state index >= 15 is 0 Å². The van der Waals surface area contributed by atoms with Gasteiger partial charge in [-0.05, 0) is 91.4 Å². The number of fused-ring (bicyclic) bond motifs is 5. The molecule has 0 aliphatic heterocycles. The maximum atomic E-state index is 13.5. The SMILES string of the molecule is CC12CCC3C(CC=C4CC(O)CCC43C)C1CC(=Cc1cccc(Cl)c1Cl)C2=O. The molecule has 6 atom stereocenters. The fourth-order valence-corrected chi connectivity index (χ4v) is 7.62. The first-order valence-corrected chi connectivity index (χ1v) is 12.1. The molecule has 5 rings (SSSR count). The van der Waals surface area contributed by atoms with Gasteiger partial charge in [-0.3, -0.25) is 4.79 Å². The van der Waals surface area contributed by atoms with Crippen LogP contribution in [0.2, 0.25) is 10.0 Å². The van der Waals surface area contributed by atoms with Gasteiger partial charge in [0, 0.05) is 5.41 Å². The molecule has 4 aliphatic carbocycles. The van der Waals surface area contributed by atoms with E-state index in [0.717, 1.165) is 56.1 Å². The standard InChI is InChI=1S/C26H30Cl2O2/c1-25-10-8-18(29)14-17(25)6-7-19-20(25)9-11-26(2)21(19)13-16(24(26)30)12-15-4-3-5-22(27)23(15)28/h3-6,12,18-21,29H,7-11,13-14H2,1-2H3. The Hall–Kier alpha value is -1.09. The van der Waals surface area contributed by atoms with Crippen molar-refractivity contribution < 1.29 is 9.90 Å². The average Bonchev–Trinajstić information content (AvgIpc) is 2.97. The van der Waals surface area contributed by atoms with Crippen LogP contribution in [0.5, 0.6) is 0 Å². The molecule has 1 aromatic rings. The topological polar surface area (TPSA) is 37.3 Å². The Labute approximate surface area is 189 Å². The Bertz CT molecular complexity index is 964. The number of ketones is 1. The summed E-state index contributed by atoms with van der Waals surface area (Å²) in [5.74, 6) is 1.85. The summed E-state index contributed by atoms with van der Waals surface area (Å²) in [7, 11) is 0. The zero-order valence-electron chi connectivity index (χ0n) is 17.8. The van der Waals surface area contributed by atoms with Crippen molar-refractivity contribution in [2.75, 3.05) is 0 Å². The first-order valence-electron chi connectivity index (χ1n) is 11.3. The van der Waals surface area contributed by atoms with E-state index in [-0.39, 0.29) is 16.9 Å². The molecule has 4 heteroatoms. The van der Waals surface area contributed by atoms with Crippen molar-refractivity contribution in [1.29, 1.82) is 0 Å². The summed E-state index contributed by atoms with van der Waals surface area (Å²) in [6.07, 6.45) is 11.0. The van der Waals surface area contributed by atoms with Crippen LogP contribution in [0.15, 0.2) is 35.4 Å². The van der Waals surface area contributed by atoms with Gasteiger partial charge in [-0.25, -0.2) is 0 Å². The minimum absolute atomic E-state index is 0.181. The predicted molar refractivity (Wildman–Crippen MR) is 123 cm³/mol. The molecule has 0 amide bonds. The summed E-state index contributed by atoms with van der Waals surface area (Å²) >= 11 is 12.6. The van der Waals surface area contributed by atoms with Gasteiger partial charge in [-0.2, -0.15) is 0 Å². The van der Waals surface area contributed by atoms with E-state index in [4.69, 9.17) is 23.2 Å². The fourth-order valence-electron chi connectivity index (χ4n) is 7.26. The molecular weight excluding hydrogens is 415 g/mol. The molecule has 3 saturated carbocycles. The smallest absolute Gasteiger partial charge is 0.165 e. The van der Waals surface area contributed by atoms with E-state index in [2.05, 4.69) is 19.9 Å². The molecule has 0 bridgehead atoms. The normalized spacial score (nSPS) is 41.8. The van der Waals surface area contributed by atoms with Gasteiger partial charge in [0.25, 0.3) is 0 Å². The highest BCUT2D eigenvalue weighted by Gasteiger charge is 2.59. The van der Waals surface area contributed by atoms with Crippen molar-refractivity contribution in [2.45, 2.75) is 64.9 Å². The number of hydrogen-bond donors (Lipinski definition) is 1. The number of aliphatic hydroxyl groups is 1. The molecule has 1 N–H and O–H groups in total. The third-order valence-electron chi connectivity index (χ3n) is 9.03. The number of carbonyl (C=O) groups excluding carboxylic acids is 1. The van der Waals surface area contributed by atoms with E-state index in [9.17, 15) is 9.90 Å². The molecule has 30 heavy (non-hydrogen) atoms. The lowest BCUT2D eigenvalue weighted by molar-refractivity contribution is -0.130. The number of aliphatic hydroxyl groups excluding tert-OH is 1. The van der Waals surface area contributed by atoms with Gasteiger partial charge < -0.3 is 5.11 Å². The zero-order chi connectivity index (χ0) is 21.3. The Kier molecular flexibility index (Phi) is 5.00. The van der Waals surface area contributed by atoms with E-state index in [0.29, 0.717) is 33.6 Å². The van der Waals surface area contributed by atoms with Crippen LogP contribution in [-0.4, -0.2) is 17.0 Å². The highest BCUT2D eigenvalue weighted by atomic mass is 35.5. The molecule has 6 unspecified atom stereocenters. The van der Waals surface area contributed by atoms with E-state index in [1.807, 2.05) is 18.2 Å². The van der Waals surface area contributed by atoms with Crippen LogP contribution in [0, 0.1) is 28.6 Å². The molecule has 2 nitrogen and oxygen atoms in total. The van der Waals surface area contributed by atoms with E-state index in [1.165, 1.54) is 5.57 Å². The second kappa shape index (κ2) is 7.22. The Morgan fingerprint density at radius 2 is 1.83 bits per heavy atom. The number of allylic oxidation sites excluding steroid dienone is 2. The van der Waals surface area contributed by atoms with Crippen LogP contribution in [0.4, 0.5) is 0 Å². The maximum Gasteiger partial charge on any atom is 0.165 e. The number of benzene rings is 1. The van der Waals surface area contributed by atoms with Gasteiger partial charge in [0.15, 0.2) is 5.78 Å². The largest absolute Gasteiger partial charge is 0.393 e. The number of halogens is 2. The molecule has 3 fully saturated rings. The lowest BCUT2D eigenvalue weighted by Crippen LogP contribution is -2.50. The summed E-state index contributed by atoms with van der Waals surface area (Å²) in [6, 6.07) is 5.60. The molecule has 0 aromatic heterocycles. The molecule has 0 heterocycles. The van der Waals surface area contributed by atoms with Gasteiger partial charge in [-0.15, -0.1) is 0 Å². The predicted octanol–water partition coefficient (Wildman–Crippen LogP) is 6.88. The quantitative estimate of drug-likeness (QED) is 0.378. The van der Waals surface area contributed by atoms with Crippen LogP contribution >= 0.6 is 23.2 Å². The third kappa shape index (κ3) is 2.98. The van der Waals surface area contributed by atoms with Crippen LogP contribution in [0.25, 0.3) is 6.08 Å². The molecule has 0 saturated heterocycles. The van der Waals surface area contributed by atoms with Gasteiger partial charge in [0.2, 0.25) is 0 Å². The second-order valence-corrected chi connectivity index (χ2v) is 11.2. The molecule has 0 spiro atoms. The fraction of sp³-hybridized carbons (Fsp3) is 0.577. The van der Waals surface area contributed by atoms with Crippen molar-refractivity contribution >= 4 is 35.1 Å². The van der Waals surface area contributed by atoms with Crippen molar-refractivity contribution in [3.05, 3.63) is 51.0 Å². The van der Waals surface area contributed by atoms with E-state index < -0.39 is 0 Å². The summed E-state index contributed by atoms with van der Waals surface area (Å²) in [5, 5.41) is 11.2. The number of Topliss-reactive ketones (excluding diaryl/α,β-unsaturated/α-hetero) is 1. The minimum Gasteiger partial charge on any atom is -0.393 e. The zero-order valence-corrected chi connectivity index (χ0v) is 19.3. The monoisotopic (exact) mass is 444 g/mol. The molecular formula is C26H30Cl2O2. The molecule has 4 aliphatic rings. The van der Waals surface area contributed by atoms with Gasteiger partial charge in [0.05, 0.1) is 16.1 Å². The summed E-state index contributed by atoms with van der Waals surface area (Å²) < 4.78 is 0. The lowest BCUT2D eigenvalue weighted by Gasteiger charge is -2.56. The summed E-state index contributed by atoms with van der Waals surface area (Å²) in [6.45, 7) is 4.62. The number of hydrogen-bond acceptors (Lipinski definition) is 2. The third-order valence-corrected chi connectivity index (χ3v) is 9.86. The molecule has 0 radical (unpaired) electrons. The van der Waals surface area contributed by atoms with Crippen molar-refractivity contribution in [1.82, 2.24) is 0 Å². The maximum absolute atomic E-state index is 13.5. The van der Waals surface area contributed by atoms with Crippen LogP contribution in [0.3, 0.4) is 0 Å². The molecule has 160 valence electrons. The highest BCUT2D eigenvalue weighted by Crippen LogP contribution is 2.64. The van der Waals surface area contributed by atoms with Gasteiger partial charge in [0.1, 0.15) is 0 Å². The first kappa shape index (κ1) is 20.8. The Balaban J connectivity index is 1.49. The average molecular weight is 445 g/mol. The van der Waals surface area contributed by atoms with Crippen molar-refractivity contribution in [2.24, 2.45) is 28.6 Å². The van der Waals surface area contributed by atoms with Gasteiger partial charge in [-0.1, -0.05) is 60.8 Å². The van der Waals surface area contributed by atoms with E-state index in [1.54, 1.807) is 6.07 Å². The lowest BCUT2D eigenvalue weighted by atomic mass is 9.48. The second-order valence-electron chi connectivity index (χ2n) is 10.5. The Morgan fingerprint density at radius 3 is 2.63 bits per heavy atom. The summed E-state index contributed by atoms with van der Waals surface area (Å²) in [4.78, 5) is 13.5. The number of carbonyl (C=O) groups is 1. The van der Waals surface area contributed by atoms with Crippen molar-refractivity contribution in [3.63, 3.8) is 0 Å². The summed E-state index contributed by atoms with van der Waals surface area (Å²) in [5.41, 5.74) is 3.14. The minimum atomic E-state index is -0.270. The van der Waals surface area contributed by atoms with Gasteiger partial charge >= 0.3 is 0 Å². The van der Waals surface area contributed by atoms with Crippen molar-refractivity contribution in [3.8, 4) is 0 Å². The molecule has 1 aromatic carbocycles. The van der Waals surface area contributed by atoms with Crippen LogP contribution in [-0.2, 0) is 4.79 Å². The first-order chi connectivity index (χ1) is 14.2. The highest BCUT2D eigenvalue weighted by molar-refractivity contribution is 6.43. The van der Waals surface area contributed by atoms with Crippen LogP contribution < -0.4 is 0 Å². The van der Waals surface area contributed by atoms with Crippen LogP contribution in [0.1, 0.15) is 64.4 Å². The number of rotatable bonds is 1. The Morgan fingerprint density at radius 1 is 1.07 bits per heavy atom.